The second kappa shape index (κ2) is 9.79. The van der Waals surface area contributed by atoms with Crippen LogP contribution in [0.25, 0.3) is 87.9 Å². The second-order valence-corrected chi connectivity index (χ2v) is 11.1. The van der Waals surface area contributed by atoms with Gasteiger partial charge in [0.1, 0.15) is 6.33 Å². The highest BCUT2D eigenvalue weighted by Gasteiger charge is 2.13. The van der Waals surface area contributed by atoms with E-state index < -0.39 is 0 Å². The number of aromatic nitrogens is 4. The van der Waals surface area contributed by atoms with Crippen LogP contribution in [0.5, 0.6) is 0 Å². The molecule has 3 aromatic heterocycles. The summed E-state index contributed by atoms with van der Waals surface area (Å²) < 4.78 is 0. The second-order valence-electron chi connectivity index (χ2n) is 11.1. The van der Waals surface area contributed by atoms with Gasteiger partial charge in [0.15, 0.2) is 0 Å². The molecule has 4 nitrogen and oxygen atoms in total. The van der Waals surface area contributed by atoms with E-state index in [-0.39, 0.29) is 0 Å². The molecule has 3 heterocycles. The van der Waals surface area contributed by atoms with Crippen molar-refractivity contribution >= 4 is 54.1 Å². The predicted octanol–water partition coefficient (Wildman–Crippen LogP) is 10.0. The van der Waals surface area contributed by atoms with E-state index in [4.69, 9.17) is 9.97 Å². The predicted molar refractivity (Wildman–Crippen MR) is 181 cm³/mol. The Morgan fingerprint density at radius 3 is 1.48 bits per heavy atom. The van der Waals surface area contributed by atoms with Crippen LogP contribution in [-0.2, 0) is 0 Å². The van der Waals surface area contributed by atoms with Gasteiger partial charge in [-0.3, -0.25) is 0 Å². The molecule has 6 aromatic carbocycles. The highest BCUT2D eigenvalue weighted by molar-refractivity contribution is 6.26. The maximum absolute atomic E-state index is 5.23. The van der Waals surface area contributed by atoms with E-state index in [1.807, 2.05) is 24.3 Å². The van der Waals surface area contributed by atoms with Crippen LogP contribution in [0, 0.1) is 0 Å². The zero-order valence-electron chi connectivity index (χ0n) is 23.6. The Bertz CT molecular complexity index is 2520. The van der Waals surface area contributed by atoms with Crippen molar-refractivity contribution in [3.63, 3.8) is 0 Å². The van der Waals surface area contributed by atoms with Gasteiger partial charge in [0.05, 0.1) is 28.1 Å². The molecule has 0 fully saturated rings. The van der Waals surface area contributed by atoms with E-state index in [0.29, 0.717) is 0 Å². The minimum atomic E-state index is 0.915. The van der Waals surface area contributed by atoms with Crippen LogP contribution in [0.1, 0.15) is 0 Å². The number of nitrogens with zero attached hydrogens (tertiary/aromatic N) is 4. The van der Waals surface area contributed by atoms with Gasteiger partial charge in [0.25, 0.3) is 0 Å². The van der Waals surface area contributed by atoms with Crippen molar-refractivity contribution in [2.75, 3.05) is 0 Å². The lowest BCUT2D eigenvalue weighted by molar-refractivity contribution is 1.17. The summed E-state index contributed by atoms with van der Waals surface area (Å²) in [6.45, 7) is 0. The SMILES string of the molecule is c1ccc(-c2ccc3ccc4ccc(-c5ccc6c7ccc(-c8ccncn8)cc7c7ccccc7c6c5)nc4c3n2)cc1. The molecule has 44 heavy (non-hydrogen) atoms. The molecule has 0 aliphatic carbocycles. The molecule has 0 aliphatic heterocycles. The number of hydrogen-bond donors (Lipinski definition) is 0. The third kappa shape index (κ3) is 3.92. The zero-order chi connectivity index (χ0) is 29.0. The largest absolute Gasteiger partial charge is 0.245 e. The smallest absolute Gasteiger partial charge is 0.116 e. The molecule has 0 unspecified atom stereocenters. The molecule has 0 bridgehead atoms. The number of fused-ring (bicyclic) bond motifs is 9. The molecule has 9 rings (SSSR count). The highest BCUT2D eigenvalue weighted by atomic mass is 14.8. The first-order chi connectivity index (χ1) is 21.8. The fourth-order valence-corrected chi connectivity index (χ4v) is 6.44. The molecule has 0 atom stereocenters. The molecular weight excluding hydrogens is 536 g/mol. The molecule has 4 heteroatoms. The first-order valence-corrected chi connectivity index (χ1v) is 14.7. The van der Waals surface area contributed by atoms with Crippen LogP contribution in [0.3, 0.4) is 0 Å². The molecule has 9 aromatic rings. The number of hydrogen-bond acceptors (Lipinski definition) is 4. The van der Waals surface area contributed by atoms with Crippen LogP contribution < -0.4 is 0 Å². The summed E-state index contributed by atoms with van der Waals surface area (Å²) in [7, 11) is 0. The Balaban J connectivity index is 1.24. The van der Waals surface area contributed by atoms with Crippen LogP contribution in [0.15, 0.2) is 146 Å². The summed E-state index contributed by atoms with van der Waals surface area (Å²) >= 11 is 0. The van der Waals surface area contributed by atoms with Crippen LogP contribution in [0.4, 0.5) is 0 Å². The van der Waals surface area contributed by atoms with Crippen molar-refractivity contribution in [1.29, 1.82) is 0 Å². The third-order valence-electron chi connectivity index (χ3n) is 8.60. The van der Waals surface area contributed by atoms with Crippen LogP contribution in [-0.4, -0.2) is 19.9 Å². The van der Waals surface area contributed by atoms with Gasteiger partial charge in [-0.2, -0.15) is 0 Å². The van der Waals surface area contributed by atoms with Crippen molar-refractivity contribution in [1.82, 2.24) is 19.9 Å². The van der Waals surface area contributed by atoms with Crippen LogP contribution in [0.2, 0.25) is 0 Å². The lowest BCUT2D eigenvalue weighted by atomic mass is 9.91. The zero-order valence-corrected chi connectivity index (χ0v) is 23.6. The molecule has 0 saturated heterocycles. The van der Waals surface area contributed by atoms with Crippen LogP contribution >= 0.6 is 0 Å². The standard InChI is InChI=1S/C40H24N4/c1-2-6-25(7-3-1)37-18-14-26-10-11-27-15-19-38(44-40(27)39(26)43-37)29-13-17-33-32-16-12-28(36-20-21-41-24-42-36)22-34(32)30-8-4-5-9-31(30)35(33)23-29/h1-24H. The lowest BCUT2D eigenvalue weighted by Crippen LogP contribution is -1.91. The quantitative estimate of drug-likeness (QED) is 0.202. The molecule has 0 radical (unpaired) electrons. The van der Waals surface area contributed by atoms with Crippen molar-refractivity contribution in [2.24, 2.45) is 0 Å². The molecule has 0 aliphatic rings. The van der Waals surface area contributed by atoms with Gasteiger partial charge >= 0.3 is 0 Å². The monoisotopic (exact) mass is 560 g/mol. The van der Waals surface area contributed by atoms with Crippen molar-refractivity contribution in [3.8, 4) is 33.8 Å². The van der Waals surface area contributed by atoms with Gasteiger partial charge < -0.3 is 0 Å². The average molecular weight is 561 g/mol. The van der Waals surface area contributed by atoms with Gasteiger partial charge in [-0.05, 0) is 62.6 Å². The lowest BCUT2D eigenvalue weighted by Gasteiger charge is -2.13. The fraction of sp³-hybridized carbons (Fsp3) is 0. The highest BCUT2D eigenvalue weighted by Crippen LogP contribution is 2.39. The van der Waals surface area contributed by atoms with E-state index >= 15 is 0 Å². The Morgan fingerprint density at radius 1 is 0.364 bits per heavy atom. The Morgan fingerprint density at radius 2 is 0.886 bits per heavy atom. The van der Waals surface area contributed by atoms with Gasteiger partial charge in [-0.15, -0.1) is 0 Å². The van der Waals surface area contributed by atoms with Gasteiger partial charge in [0.2, 0.25) is 0 Å². The van der Waals surface area contributed by atoms with Crippen molar-refractivity contribution in [2.45, 2.75) is 0 Å². The summed E-state index contributed by atoms with van der Waals surface area (Å²) in [5.41, 5.74) is 7.89. The summed E-state index contributed by atoms with van der Waals surface area (Å²) in [4.78, 5) is 18.9. The van der Waals surface area contributed by atoms with E-state index in [1.54, 1.807) is 12.5 Å². The summed E-state index contributed by atoms with van der Waals surface area (Å²) in [5.74, 6) is 0. The Labute approximate surface area is 253 Å². The molecule has 0 spiro atoms. The summed E-state index contributed by atoms with van der Waals surface area (Å²) in [6.07, 6.45) is 3.38. The van der Waals surface area contributed by atoms with Gasteiger partial charge in [-0.1, -0.05) is 103 Å². The van der Waals surface area contributed by atoms with E-state index in [2.05, 4.69) is 119 Å². The van der Waals surface area contributed by atoms with Gasteiger partial charge in [-0.25, -0.2) is 19.9 Å². The number of benzene rings is 6. The first-order valence-electron chi connectivity index (χ1n) is 14.7. The minimum absolute atomic E-state index is 0.915. The molecule has 0 amide bonds. The fourth-order valence-electron chi connectivity index (χ4n) is 6.44. The molecule has 0 N–H and O–H groups in total. The summed E-state index contributed by atoms with van der Waals surface area (Å²) in [6, 6.07) is 47.0. The van der Waals surface area contributed by atoms with Crippen molar-refractivity contribution < 1.29 is 0 Å². The Kier molecular flexibility index (Phi) is 5.47. The molecule has 0 saturated carbocycles. The first kappa shape index (κ1) is 24.6. The van der Waals surface area contributed by atoms with E-state index in [1.165, 1.54) is 32.3 Å². The molecular formula is C40H24N4. The normalized spacial score (nSPS) is 11.6. The minimum Gasteiger partial charge on any atom is -0.245 e. The average Bonchev–Trinajstić information content (AvgIpc) is 3.11. The van der Waals surface area contributed by atoms with Gasteiger partial charge in [0, 0.05) is 33.7 Å². The number of rotatable bonds is 3. The molecule has 204 valence electrons. The third-order valence-corrected chi connectivity index (χ3v) is 8.60. The van der Waals surface area contributed by atoms with E-state index in [9.17, 15) is 0 Å². The number of pyridine rings is 2. The van der Waals surface area contributed by atoms with Crippen molar-refractivity contribution in [3.05, 3.63) is 146 Å². The Hall–Kier alpha value is -6.00. The maximum atomic E-state index is 5.23. The summed E-state index contributed by atoms with van der Waals surface area (Å²) in [5, 5.41) is 9.47. The van der Waals surface area contributed by atoms with E-state index in [0.717, 1.165) is 55.6 Å². The topological polar surface area (TPSA) is 51.6 Å². The maximum Gasteiger partial charge on any atom is 0.116 e.